The van der Waals surface area contributed by atoms with E-state index in [1.807, 2.05) is 0 Å². The molecule has 0 bridgehead atoms. The van der Waals surface area contributed by atoms with Gasteiger partial charge >= 0.3 is 6.62 Å². The third-order valence-corrected chi connectivity index (χ3v) is 3.43. The van der Waals surface area contributed by atoms with Crippen LogP contribution in [-0.2, 0) is 0 Å². The second-order valence-corrected chi connectivity index (χ2v) is 5.43. The predicted molar refractivity (Wildman–Crippen MR) is 34.5 cm³/mol. The Morgan fingerprint density at radius 2 is 1.88 bits per heavy atom. The van der Waals surface area contributed by atoms with Crippen molar-refractivity contribution in [1.82, 2.24) is 0 Å². The summed E-state index contributed by atoms with van der Waals surface area (Å²) in [5, 5.41) is 16.5. The highest BCUT2D eigenvalue weighted by atomic mass is 35.7. The van der Waals surface area contributed by atoms with Gasteiger partial charge in [0.1, 0.15) is 17.4 Å². The minimum atomic E-state index is -2.33. The normalized spacial score (nSPS) is 9.50. The summed E-state index contributed by atoms with van der Waals surface area (Å²) in [5.41, 5.74) is 0. The van der Waals surface area contributed by atoms with Gasteiger partial charge in [0.2, 0.25) is 0 Å². The van der Waals surface area contributed by atoms with E-state index in [1.54, 1.807) is 18.5 Å². The zero-order valence-corrected chi connectivity index (χ0v) is 6.08. The first-order valence-electron chi connectivity index (χ1n) is 2.09. The highest BCUT2D eigenvalue weighted by molar-refractivity contribution is 8.06. The van der Waals surface area contributed by atoms with Crippen LogP contribution in [-0.4, -0.2) is 6.16 Å². The Labute approximate surface area is 53.8 Å². The van der Waals surface area contributed by atoms with Gasteiger partial charge in [0.25, 0.3) is 11.6 Å². The van der Waals surface area contributed by atoms with Gasteiger partial charge in [-0.15, -0.1) is 10.5 Å². The molecule has 8 heavy (non-hydrogen) atoms. The lowest BCUT2D eigenvalue weighted by molar-refractivity contribution is 1.48. The molecule has 0 saturated heterocycles. The lowest BCUT2D eigenvalue weighted by Gasteiger charge is -1.88. The van der Waals surface area contributed by atoms with E-state index in [0.717, 1.165) is 0 Å². The summed E-state index contributed by atoms with van der Waals surface area (Å²) in [5.74, 6) is 3.59. The van der Waals surface area contributed by atoms with E-state index in [0.29, 0.717) is 6.16 Å². The standard InChI is InChI=1S/C4H5ClN2P/c1-2-8(5,3-6)4-7/h2H2,1H3/q+1. The number of nitriles is 2. The molecule has 0 unspecified atom stereocenters. The SMILES string of the molecule is CC[P+](Cl)(C#N)C#N. The van der Waals surface area contributed by atoms with E-state index in [2.05, 4.69) is 0 Å². The van der Waals surface area contributed by atoms with E-state index in [-0.39, 0.29) is 0 Å². The average molecular weight is 148 g/mol. The van der Waals surface area contributed by atoms with E-state index >= 15 is 0 Å². The molecule has 0 saturated carbocycles. The van der Waals surface area contributed by atoms with Gasteiger partial charge in [-0.05, 0) is 6.92 Å². The first kappa shape index (κ1) is 7.70. The molecule has 0 aliphatic carbocycles. The lowest BCUT2D eigenvalue weighted by atomic mass is 11.0. The van der Waals surface area contributed by atoms with Crippen LogP contribution in [0.25, 0.3) is 0 Å². The summed E-state index contributed by atoms with van der Waals surface area (Å²) < 4.78 is 0. The minimum absolute atomic E-state index is 0.474. The first-order chi connectivity index (χ1) is 3.68. The predicted octanol–water partition coefficient (Wildman–Crippen LogP) is 2.14. The van der Waals surface area contributed by atoms with E-state index in [4.69, 9.17) is 21.8 Å². The van der Waals surface area contributed by atoms with Gasteiger partial charge in [-0.2, -0.15) is 0 Å². The summed E-state index contributed by atoms with van der Waals surface area (Å²) in [4.78, 5) is 0. The van der Waals surface area contributed by atoms with Gasteiger partial charge in [-0.25, -0.2) is 0 Å². The van der Waals surface area contributed by atoms with Crippen molar-refractivity contribution in [2.75, 3.05) is 6.16 Å². The van der Waals surface area contributed by atoms with Crippen molar-refractivity contribution in [3.63, 3.8) is 0 Å². The fourth-order valence-corrected chi connectivity index (χ4v) is 0.491. The van der Waals surface area contributed by atoms with Crippen LogP contribution in [0.4, 0.5) is 0 Å². The van der Waals surface area contributed by atoms with Gasteiger partial charge in [-0.3, -0.25) is 0 Å². The fourth-order valence-electron chi connectivity index (χ4n) is 0.164. The molecule has 0 aromatic rings. The van der Waals surface area contributed by atoms with Crippen LogP contribution in [0.3, 0.4) is 0 Å². The number of halogens is 1. The van der Waals surface area contributed by atoms with E-state index in [1.165, 1.54) is 0 Å². The molecule has 0 amide bonds. The molecule has 0 spiro atoms. The van der Waals surface area contributed by atoms with Gasteiger partial charge in [0, 0.05) is 0 Å². The van der Waals surface area contributed by atoms with Crippen molar-refractivity contribution in [2.45, 2.75) is 6.92 Å². The molecular weight excluding hydrogens is 142 g/mol. The molecule has 0 fully saturated rings. The summed E-state index contributed by atoms with van der Waals surface area (Å²) in [7, 11) is 0. The Hall–Kier alpha value is -0.300. The highest BCUT2D eigenvalue weighted by Gasteiger charge is 2.35. The maximum atomic E-state index is 8.23. The third kappa shape index (κ3) is 1.66. The highest BCUT2D eigenvalue weighted by Crippen LogP contribution is 2.61. The molecule has 0 radical (unpaired) electrons. The van der Waals surface area contributed by atoms with Crippen LogP contribution < -0.4 is 0 Å². The zero-order valence-electron chi connectivity index (χ0n) is 4.43. The van der Waals surface area contributed by atoms with Crippen molar-refractivity contribution in [3.8, 4) is 11.6 Å². The van der Waals surface area contributed by atoms with Crippen molar-refractivity contribution in [1.29, 1.82) is 10.5 Å². The number of hydrogen-bond donors (Lipinski definition) is 0. The Balaban J connectivity index is 4.11. The molecule has 0 aromatic carbocycles. The third-order valence-electron chi connectivity index (χ3n) is 0.753. The zero-order chi connectivity index (χ0) is 6.62. The Morgan fingerprint density at radius 1 is 1.50 bits per heavy atom. The van der Waals surface area contributed by atoms with E-state index in [9.17, 15) is 0 Å². The molecule has 0 rings (SSSR count). The van der Waals surface area contributed by atoms with Crippen LogP contribution in [0.1, 0.15) is 6.92 Å². The molecule has 42 valence electrons. The molecule has 0 heterocycles. The molecule has 0 aromatic heterocycles. The van der Waals surface area contributed by atoms with Gasteiger partial charge in [0.05, 0.1) is 0 Å². The van der Waals surface area contributed by atoms with Crippen molar-refractivity contribution in [3.05, 3.63) is 0 Å². The molecule has 0 aliphatic heterocycles. The largest absolute Gasteiger partial charge is 0.321 e. The maximum Gasteiger partial charge on any atom is 0.321 e. The Morgan fingerprint density at radius 3 is 1.88 bits per heavy atom. The summed E-state index contributed by atoms with van der Waals surface area (Å²) in [6, 6.07) is 0. The molecule has 0 N–H and O–H groups in total. The molecular formula is C4H5ClN2P+. The average Bonchev–Trinajstić information content (AvgIpc) is 1.87. The van der Waals surface area contributed by atoms with Gasteiger partial charge < -0.3 is 0 Å². The number of nitrogens with zero attached hydrogens (tertiary/aromatic N) is 2. The second kappa shape index (κ2) is 2.88. The molecule has 4 heteroatoms. The van der Waals surface area contributed by atoms with Crippen molar-refractivity contribution in [2.24, 2.45) is 0 Å². The minimum Gasteiger partial charge on any atom is -0.149 e. The number of rotatable bonds is 1. The first-order valence-corrected chi connectivity index (χ1v) is 4.97. The number of hydrogen-bond acceptors (Lipinski definition) is 2. The quantitative estimate of drug-likeness (QED) is 0.534. The molecule has 0 aliphatic rings. The van der Waals surface area contributed by atoms with E-state index < -0.39 is 6.62 Å². The Bertz CT molecular complexity index is 140. The second-order valence-electron chi connectivity index (χ2n) is 1.23. The topological polar surface area (TPSA) is 47.6 Å². The maximum absolute atomic E-state index is 8.23. The summed E-state index contributed by atoms with van der Waals surface area (Å²) in [6.45, 7) is -0.585. The van der Waals surface area contributed by atoms with Crippen LogP contribution in [0.2, 0.25) is 0 Å². The molecule has 2 nitrogen and oxygen atoms in total. The monoisotopic (exact) mass is 147 g/mol. The summed E-state index contributed by atoms with van der Waals surface area (Å²) in [6.07, 6.45) is 0.474. The van der Waals surface area contributed by atoms with Gasteiger partial charge in [0.15, 0.2) is 0 Å². The lowest BCUT2D eigenvalue weighted by Crippen LogP contribution is -1.77. The van der Waals surface area contributed by atoms with Crippen molar-refractivity contribution < 1.29 is 0 Å². The van der Waals surface area contributed by atoms with Crippen LogP contribution in [0.5, 0.6) is 0 Å². The molecule has 0 atom stereocenters. The fraction of sp³-hybridized carbons (Fsp3) is 0.500. The van der Waals surface area contributed by atoms with Crippen LogP contribution in [0.15, 0.2) is 0 Å². The summed E-state index contributed by atoms with van der Waals surface area (Å²) >= 11 is 5.48. The van der Waals surface area contributed by atoms with Crippen LogP contribution >= 0.6 is 17.9 Å². The van der Waals surface area contributed by atoms with Crippen LogP contribution in [0, 0.1) is 22.1 Å². The van der Waals surface area contributed by atoms with Gasteiger partial charge in [-0.1, -0.05) is 0 Å². The Kier molecular flexibility index (Phi) is 2.77. The van der Waals surface area contributed by atoms with Crippen molar-refractivity contribution >= 4 is 17.9 Å². The smallest absolute Gasteiger partial charge is 0.149 e.